The first-order chi connectivity index (χ1) is 19.4. The molecule has 4 rings (SSSR count). The van der Waals surface area contributed by atoms with Gasteiger partial charge < -0.3 is 19.8 Å². The van der Waals surface area contributed by atoms with E-state index in [0.29, 0.717) is 17.3 Å². The van der Waals surface area contributed by atoms with E-state index in [1.54, 1.807) is 31.1 Å². The number of hydrogen-bond donors (Lipinski definition) is 1. The molecule has 0 unspecified atom stereocenters. The maximum atomic E-state index is 12.1. The van der Waals surface area contributed by atoms with Crippen LogP contribution in [-0.2, 0) is 22.8 Å². The van der Waals surface area contributed by atoms with E-state index in [-0.39, 0.29) is 11.6 Å². The number of nitrogens with zero attached hydrogens (tertiary/aromatic N) is 5. The number of carbonyl (C=O) groups excluding carboxylic acids is 1. The van der Waals surface area contributed by atoms with E-state index in [4.69, 9.17) is 26.4 Å². The molecule has 0 atom stereocenters. The zero-order valence-corrected chi connectivity index (χ0v) is 24.4. The number of benzene rings is 2. The Morgan fingerprint density at radius 3 is 2.73 bits per heavy atom. The standard InChI is InChI=1S/C19H22N2O3.C10H9ClN4S/c1-13-9-10-14(2)17(11-13)24-12-15-7-5-6-8-16(15)18(21-23-4)19(22)20-3;11-9-2-1-8(5-13-9)6-15-3-4-16-10(15)14-7-12/h5-11H,12H2,1-4H3,(H,20,22);1-2,5H,3-4,6H2/b21-18+;. The number of nitriles is 1. The number of thioether (sulfide) groups is 1. The normalized spacial score (nSPS) is 13.8. The summed E-state index contributed by atoms with van der Waals surface area (Å²) in [6.07, 6.45) is 3.57. The zero-order valence-electron chi connectivity index (χ0n) is 22.8. The predicted octanol–water partition coefficient (Wildman–Crippen LogP) is 5.10. The molecule has 3 aromatic rings. The number of halogens is 1. The number of amides is 1. The van der Waals surface area contributed by atoms with Crippen LogP contribution < -0.4 is 10.1 Å². The lowest BCUT2D eigenvalue weighted by atomic mass is 10.0. The van der Waals surface area contributed by atoms with E-state index in [0.717, 1.165) is 52.0 Å². The lowest BCUT2D eigenvalue weighted by molar-refractivity contribution is -0.114. The van der Waals surface area contributed by atoms with Gasteiger partial charge in [0, 0.05) is 37.7 Å². The number of likely N-dealkylation sites (N-methyl/N-ethyl adjacent to an activating group) is 1. The molecule has 1 fully saturated rings. The average molecular weight is 579 g/mol. The molecule has 1 N–H and O–H groups in total. The molecule has 0 saturated carbocycles. The molecule has 0 bridgehead atoms. The number of nitrogens with one attached hydrogen (secondary N) is 1. The van der Waals surface area contributed by atoms with Crippen molar-refractivity contribution in [2.45, 2.75) is 27.0 Å². The number of aliphatic imine (C=N–C) groups is 1. The van der Waals surface area contributed by atoms with Gasteiger partial charge in [0.15, 0.2) is 10.9 Å². The molecular formula is C29H31ClN6O3S. The summed E-state index contributed by atoms with van der Waals surface area (Å²) in [5.74, 6) is 1.49. The minimum Gasteiger partial charge on any atom is -0.489 e. The SMILES string of the molecule is CNC(=O)/C(=N/OC)c1ccccc1COc1cc(C)ccc1C.N#CN=C1SCCN1Cc1ccc(Cl)nc1. The number of aryl methyl sites for hydroxylation is 2. The molecule has 9 nitrogen and oxygen atoms in total. The first kappa shape index (κ1) is 30.5. The summed E-state index contributed by atoms with van der Waals surface area (Å²) in [5.41, 5.74) is 5.03. The van der Waals surface area contributed by atoms with Crippen molar-refractivity contribution in [1.82, 2.24) is 15.2 Å². The molecule has 1 saturated heterocycles. The van der Waals surface area contributed by atoms with E-state index >= 15 is 0 Å². The minimum absolute atomic E-state index is 0.222. The van der Waals surface area contributed by atoms with Crippen molar-refractivity contribution in [1.29, 1.82) is 5.26 Å². The number of rotatable bonds is 8. The first-order valence-corrected chi connectivity index (χ1v) is 13.8. The number of pyridine rings is 1. The van der Waals surface area contributed by atoms with E-state index < -0.39 is 0 Å². The van der Waals surface area contributed by atoms with Gasteiger partial charge in [0.2, 0.25) is 6.19 Å². The van der Waals surface area contributed by atoms with Gasteiger partial charge >= 0.3 is 0 Å². The van der Waals surface area contributed by atoms with Crippen molar-refractivity contribution in [3.8, 4) is 11.9 Å². The largest absolute Gasteiger partial charge is 0.489 e. The summed E-state index contributed by atoms with van der Waals surface area (Å²) < 4.78 is 5.96. The fraction of sp³-hybridized carbons (Fsp3) is 0.276. The minimum atomic E-state index is -0.309. The lowest BCUT2D eigenvalue weighted by Gasteiger charge is -2.16. The van der Waals surface area contributed by atoms with Crippen molar-refractivity contribution in [2.24, 2.45) is 10.1 Å². The van der Waals surface area contributed by atoms with Gasteiger partial charge in [-0.3, -0.25) is 4.79 Å². The third-order valence-corrected chi connectivity index (χ3v) is 7.01. The number of aromatic nitrogens is 1. The van der Waals surface area contributed by atoms with Gasteiger partial charge in [0.05, 0.1) is 0 Å². The van der Waals surface area contributed by atoms with Crippen molar-refractivity contribution < 1.29 is 14.4 Å². The molecule has 1 aliphatic heterocycles. The van der Waals surface area contributed by atoms with Gasteiger partial charge in [-0.1, -0.05) is 71.0 Å². The van der Waals surface area contributed by atoms with Crippen molar-refractivity contribution >= 4 is 40.1 Å². The second-order valence-electron chi connectivity index (χ2n) is 8.67. The molecule has 40 heavy (non-hydrogen) atoms. The second kappa shape index (κ2) is 15.5. The van der Waals surface area contributed by atoms with Crippen LogP contribution in [0.25, 0.3) is 0 Å². The monoisotopic (exact) mass is 578 g/mol. The third-order valence-electron chi connectivity index (χ3n) is 5.79. The molecule has 2 aromatic carbocycles. The van der Waals surface area contributed by atoms with Crippen LogP contribution in [0.3, 0.4) is 0 Å². The number of amidine groups is 1. The highest BCUT2D eigenvalue weighted by Crippen LogP contribution is 2.22. The number of carbonyl (C=O) groups is 1. The molecule has 1 amide bonds. The van der Waals surface area contributed by atoms with Crippen LogP contribution >= 0.6 is 23.4 Å². The maximum Gasteiger partial charge on any atom is 0.273 e. The summed E-state index contributed by atoms with van der Waals surface area (Å²) in [6.45, 7) is 5.99. The highest BCUT2D eigenvalue weighted by atomic mass is 35.5. The van der Waals surface area contributed by atoms with Crippen molar-refractivity contribution in [3.05, 3.63) is 93.8 Å². The average Bonchev–Trinajstić information content (AvgIpc) is 3.40. The molecule has 1 aliphatic rings. The maximum absolute atomic E-state index is 12.1. The molecule has 0 aliphatic carbocycles. The number of ether oxygens (including phenoxy) is 1. The Labute approximate surface area is 243 Å². The molecule has 11 heteroatoms. The zero-order chi connectivity index (χ0) is 28.9. The van der Waals surface area contributed by atoms with Gasteiger partial charge in [-0.15, -0.1) is 4.99 Å². The van der Waals surface area contributed by atoms with Gasteiger partial charge in [-0.2, -0.15) is 5.26 Å². The Morgan fingerprint density at radius 1 is 1.23 bits per heavy atom. The summed E-state index contributed by atoms with van der Waals surface area (Å²) >= 11 is 7.32. The highest BCUT2D eigenvalue weighted by molar-refractivity contribution is 8.14. The summed E-state index contributed by atoms with van der Waals surface area (Å²) in [6, 6.07) is 17.3. The van der Waals surface area contributed by atoms with Crippen LogP contribution in [0.5, 0.6) is 5.75 Å². The summed E-state index contributed by atoms with van der Waals surface area (Å²) in [7, 11) is 2.97. The number of hydrogen-bond acceptors (Lipinski definition) is 8. The van der Waals surface area contributed by atoms with E-state index in [1.165, 1.54) is 7.11 Å². The Kier molecular flexibility index (Phi) is 11.8. The third kappa shape index (κ3) is 8.73. The molecule has 0 radical (unpaired) electrons. The molecule has 1 aromatic heterocycles. The predicted molar refractivity (Wildman–Crippen MR) is 159 cm³/mol. The van der Waals surface area contributed by atoms with Crippen LogP contribution in [-0.4, -0.2) is 53.1 Å². The Balaban J connectivity index is 0.000000238. The number of oxime groups is 1. The molecule has 208 valence electrons. The summed E-state index contributed by atoms with van der Waals surface area (Å²) in [5, 5.41) is 16.3. The van der Waals surface area contributed by atoms with Crippen molar-refractivity contribution in [2.75, 3.05) is 26.5 Å². The lowest BCUT2D eigenvalue weighted by Crippen LogP contribution is -2.29. The molecule has 2 heterocycles. The van der Waals surface area contributed by atoms with E-state index in [2.05, 4.69) is 25.3 Å². The smallest absolute Gasteiger partial charge is 0.273 e. The Bertz CT molecular complexity index is 1410. The van der Waals surface area contributed by atoms with Gasteiger partial charge in [0.1, 0.15) is 24.6 Å². The molecule has 0 spiro atoms. The first-order valence-electron chi connectivity index (χ1n) is 12.4. The van der Waals surface area contributed by atoms with E-state index in [9.17, 15) is 4.79 Å². The van der Waals surface area contributed by atoms with Crippen LogP contribution in [0, 0.1) is 25.3 Å². The van der Waals surface area contributed by atoms with Crippen LogP contribution in [0.4, 0.5) is 0 Å². The van der Waals surface area contributed by atoms with Crippen LogP contribution in [0.1, 0.15) is 27.8 Å². The quantitative estimate of drug-likeness (QED) is 0.171. The van der Waals surface area contributed by atoms with Gasteiger partial charge in [-0.05, 0) is 48.2 Å². The Morgan fingerprint density at radius 2 is 2.02 bits per heavy atom. The van der Waals surface area contributed by atoms with Crippen LogP contribution in [0.15, 0.2) is 70.9 Å². The fourth-order valence-corrected chi connectivity index (χ4v) is 4.81. The van der Waals surface area contributed by atoms with Crippen LogP contribution in [0.2, 0.25) is 5.15 Å². The van der Waals surface area contributed by atoms with Gasteiger partial charge in [0.25, 0.3) is 5.91 Å². The molecular weight excluding hydrogens is 548 g/mol. The topological polar surface area (TPSA) is 112 Å². The van der Waals surface area contributed by atoms with Crippen molar-refractivity contribution in [3.63, 3.8) is 0 Å². The summed E-state index contributed by atoms with van der Waals surface area (Å²) in [4.78, 5) is 26.8. The second-order valence-corrected chi connectivity index (χ2v) is 10.1. The van der Waals surface area contributed by atoms with Gasteiger partial charge in [-0.25, -0.2) is 4.98 Å². The van der Waals surface area contributed by atoms with E-state index in [1.807, 2.05) is 68.6 Å². The Hall–Kier alpha value is -4.07. The fourth-order valence-electron chi connectivity index (χ4n) is 3.76. The highest BCUT2D eigenvalue weighted by Gasteiger charge is 2.20.